The number of hydrogen-bond acceptors (Lipinski definition) is 4. The molecule has 0 aliphatic heterocycles. The molecule has 0 fully saturated rings. The first-order valence-electron chi connectivity index (χ1n) is 6.43. The number of nitrogens with zero attached hydrogens (tertiary/aromatic N) is 2. The molecule has 0 atom stereocenters. The first-order chi connectivity index (χ1) is 8.50. The van der Waals surface area contributed by atoms with Gasteiger partial charge < -0.3 is 14.6 Å². The van der Waals surface area contributed by atoms with Crippen molar-refractivity contribution in [3.05, 3.63) is 22.7 Å². The van der Waals surface area contributed by atoms with Crippen molar-refractivity contribution in [2.75, 3.05) is 18.5 Å². The monoisotopic (exact) mass is 253 g/mol. The van der Waals surface area contributed by atoms with Gasteiger partial charge in [-0.1, -0.05) is 6.92 Å². The van der Waals surface area contributed by atoms with Gasteiger partial charge in [-0.3, -0.25) is 4.79 Å². The molecule has 102 valence electrons. The Hall–Kier alpha value is -1.36. The molecule has 1 aromatic heterocycles. The highest BCUT2D eigenvalue weighted by atomic mass is 16.5. The lowest BCUT2D eigenvalue weighted by atomic mass is 10.1. The number of aromatic nitrogens is 2. The zero-order valence-electron chi connectivity index (χ0n) is 11.7. The van der Waals surface area contributed by atoms with Crippen molar-refractivity contribution < 1.29 is 4.74 Å². The van der Waals surface area contributed by atoms with Crippen LogP contribution < -0.4 is 10.9 Å². The maximum atomic E-state index is 12.0. The summed E-state index contributed by atoms with van der Waals surface area (Å²) in [5.74, 6) is 0.388. The molecule has 0 bridgehead atoms. The van der Waals surface area contributed by atoms with Gasteiger partial charge in [-0.05, 0) is 27.2 Å². The van der Waals surface area contributed by atoms with Gasteiger partial charge in [0.15, 0.2) is 5.82 Å². The van der Waals surface area contributed by atoms with Crippen LogP contribution in [0, 0.1) is 0 Å². The van der Waals surface area contributed by atoms with E-state index in [1.165, 1.54) is 0 Å². The zero-order valence-corrected chi connectivity index (χ0v) is 11.7. The summed E-state index contributed by atoms with van der Waals surface area (Å²) in [6.45, 7) is 9.88. The summed E-state index contributed by atoms with van der Waals surface area (Å²) in [4.78, 5) is 16.1. The molecule has 0 aliphatic rings. The minimum Gasteiger partial charge on any atom is -0.374 e. The van der Waals surface area contributed by atoms with Gasteiger partial charge in [0, 0.05) is 32.1 Å². The summed E-state index contributed by atoms with van der Waals surface area (Å²) in [6.07, 6.45) is 4.28. The Labute approximate surface area is 108 Å². The van der Waals surface area contributed by atoms with Crippen LogP contribution in [-0.4, -0.2) is 28.3 Å². The highest BCUT2D eigenvalue weighted by molar-refractivity contribution is 5.31. The number of nitrogens with one attached hydrogen (secondary N) is 1. The Bertz CT molecular complexity index is 426. The maximum Gasteiger partial charge on any atom is 0.293 e. The van der Waals surface area contributed by atoms with E-state index in [1.54, 1.807) is 17.0 Å². The lowest BCUT2D eigenvalue weighted by Crippen LogP contribution is -2.35. The molecule has 0 amide bonds. The lowest BCUT2D eigenvalue weighted by molar-refractivity contribution is 0.000618. The molecule has 1 rings (SSSR count). The van der Waals surface area contributed by atoms with E-state index in [-0.39, 0.29) is 11.2 Å². The van der Waals surface area contributed by atoms with Gasteiger partial charge in [-0.2, -0.15) is 0 Å². The van der Waals surface area contributed by atoms with Gasteiger partial charge in [0.05, 0.1) is 5.60 Å². The van der Waals surface area contributed by atoms with E-state index in [9.17, 15) is 4.79 Å². The van der Waals surface area contributed by atoms with Gasteiger partial charge in [0.25, 0.3) is 5.56 Å². The molecule has 0 spiro atoms. The maximum absolute atomic E-state index is 12.0. The molecule has 0 aliphatic carbocycles. The van der Waals surface area contributed by atoms with Crippen molar-refractivity contribution in [1.82, 2.24) is 9.55 Å². The first-order valence-corrected chi connectivity index (χ1v) is 6.43. The van der Waals surface area contributed by atoms with E-state index in [4.69, 9.17) is 4.74 Å². The van der Waals surface area contributed by atoms with Crippen LogP contribution in [0.1, 0.15) is 34.1 Å². The number of ether oxygens (including phenoxy) is 1. The largest absolute Gasteiger partial charge is 0.374 e. The van der Waals surface area contributed by atoms with Gasteiger partial charge in [-0.15, -0.1) is 0 Å². The third-order valence-corrected chi connectivity index (χ3v) is 2.59. The summed E-state index contributed by atoms with van der Waals surface area (Å²) in [6, 6.07) is 0. The van der Waals surface area contributed by atoms with Crippen LogP contribution in [0.4, 0.5) is 5.82 Å². The van der Waals surface area contributed by atoms with Crippen molar-refractivity contribution in [2.24, 2.45) is 0 Å². The van der Waals surface area contributed by atoms with E-state index in [0.29, 0.717) is 25.5 Å². The predicted molar refractivity (Wildman–Crippen MR) is 73.0 cm³/mol. The van der Waals surface area contributed by atoms with Crippen LogP contribution in [0.3, 0.4) is 0 Å². The predicted octanol–water partition coefficient (Wildman–Crippen LogP) is 1.88. The fourth-order valence-corrected chi connectivity index (χ4v) is 1.72. The lowest BCUT2D eigenvalue weighted by Gasteiger charge is -2.25. The van der Waals surface area contributed by atoms with Crippen molar-refractivity contribution >= 4 is 5.82 Å². The molecule has 0 unspecified atom stereocenters. The normalized spacial score (nSPS) is 11.6. The highest BCUT2D eigenvalue weighted by Crippen LogP contribution is 2.09. The van der Waals surface area contributed by atoms with Crippen molar-refractivity contribution in [3.8, 4) is 0 Å². The molecule has 5 heteroatoms. The second-order valence-electron chi connectivity index (χ2n) is 4.82. The Morgan fingerprint density at radius 2 is 2.17 bits per heavy atom. The quantitative estimate of drug-likeness (QED) is 0.806. The second kappa shape index (κ2) is 6.54. The van der Waals surface area contributed by atoms with Crippen molar-refractivity contribution in [2.45, 2.75) is 46.3 Å². The summed E-state index contributed by atoms with van der Waals surface area (Å²) in [7, 11) is 0. The third-order valence-electron chi connectivity index (χ3n) is 2.59. The Morgan fingerprint density at radius 3 is 2.78 bits per heavy atom. The molecule has 0 saturated heterocycles. The topological polar surface area (TPSA) is 56.1 Å². The van der Waals surface area contributed by atoms with E-state index >= 15 is 0 Å². The molecule has 0 radical (unpaired) electrons. The summed E-state index contributed by atoms with van der Waals surface area (Å²) >= 11 is 0. The Morgan fingerprint density at radius 1 is 1.44 bits per heavy atom. The van der Waals surface area contributed by atoms with Crippen molar-refractivity contribution in [3.63, 3.8) is 0 Å². The van der Waals surface area contributed by atoms with E-state index < -0.39 is 0 Å². The van der Waals surface area contributed by atoms with Gasteiger partial charge in [-0.25, -0.2) is 4.98 Å². The summed E-state index contributed by atoms with van der Waals surface area (Å²) in [5, 5.41) is 3.07. The molecular formula is C13H23N3O2. The summed E-state index contributed by atoms with van der Waals surface area (Å²) in [5.41, 5.74) is -0.388. The number of anilines is 1. The number of hydrogen-bond donors (Lipinski definition) is 1. The van der Waals surface area contributed by atoms with Crippen LogP contribution in [-0.2, 0) is 11.3 Å². The minimum atomic E-state index is -0.311. The average molecular weight is 253 g/mol. The summed E-state index contributed by atoms with van der Waals surface area (Å²) < 4.78 is 7.24. The Kier molecular flexibility index (Phi) is 5.34. The van der Waals surface area contributed by atoms with Crippen LogP contribution in [0.5, 0.6) is 0 Å². The van der Waals surface area contributed by atoms with Crippen LogP contribution in [0.2, 0.25) is 0 Å². The second-order valence-corrected chi connectivity index (χ2v) is 4.82. The van der Waals surface area contributed by atoms with Crippen molar-refractivity contribution in [1.29, 1.82) is 0 Å². The zero-order chi connectivity index (χ0) is 13.6. The molecular weight excluding hydrogens is 230 g/mol. The SMILES string of the molecule is CCCn1ccnc(NCC(C)(C)OCC)c1=O. The molecule has 18 heavy (non-hydrogen) atoms. The first kappa shape index (κ1) is 14.7. The highest BCUT2D eigenvalue weighted by Gasteiger charge is 2.18. The van der Waals surface area contributed by atoms with Gasteiger partial charge in [0.1, 0.15) is 0 Å². The van der Waals surface area contributed by atoms with Crippen LogP contribution in [0.25, 0.3) is 0 Å². The number of aryl methyl sites for hydroxylation is 1. The third kappa shape index (κ3) is 4.14. The molecule has 1 heterocycles. The van der Waals surface area contributed by atoms with Gasteiger partial charge in [0.2, 0.25) is 0 Å². The van der Waals surface area contributed by atoms with E-state index in [1.807, 2.05) is 27.7 Å². The van der Waals surface area contributed by atoms with E-state index in [0.717, 1.165) is 6.42 Å². The standard InChI is InChI=1S/C13H23N3O2/c1-5-8-16-9-7-14-11(12(16)17)15-10-13(3,4)18-6-2/h7,9H,5-6,8,10H2,1-4H3,(H,14,15). The molecule has 0 aromatic carbocycles. The molecule has 1 N–H and O–H groups in total. The minimum absolute atomic E-state index is 0.0772. The smallest absolute Gasteiger partial charge is 0.293 e. The number of rotatable bonds is 7. The fourth-order valence-electron chi connectivity index (χ4n) is 1.72. The molecule has 1 aromatic rings. The van der Waals surface area contributed by atoms with Crippen LogP contribution in [0.15, 0.2) is 17.2 Å². The molecule has 5 nitrogen and oxygen atoms in total. The van der Waals surface area contributed by atoms with Crippen LogP contribution >= 0.6 is 0 Å². The van der Waals surface area contributed by atoms with E-state index in [2.05, 4.69) is 10.3 Å². The fraction of sp³-hybridized carbons (Fsp3) is 0.692. The molecule has 0 saturated carbocycles. The Balaban J connectivity index is 2.74. The average Bonchev–Trinajstić information content (AvgIpc) is 2.30. The van der Waals surface area contributed by atoms with Gasteiger partial charge >= 0.3 is 0 Å².